The van der Waals surface area contributed by atoms with Gasteiger partial charge in [-0.15, -0.1) is 0 Å². The molecule has 1 aromatic rings. The zero-order valence-electron chi connectivity index (χ0n) is 13.2. The Bertz CT molecular complexity index is 508. The summed E-state index contributed by atoms with van der Waals surface area (Å²) >= 11 is 0. The molecule has 116 valence electrons. The van der Waals surface area contributed by atoms with E-state index in [2.05, 4.69) is 37.4 Å². The number of benzene rings is 1. The molecule has 0 radical (unpaired) electrons. The molecule has 0 saturated carbocycles. The van der Waals surface area contributed by atoms with Crippen molar-refractivity contribution >= 4 is 5.91 Å². The van der Waals surface area contributed by atoms with Crippen LogP contribution in [-0.2, 0) is 9.53 Å². The van der Waals surface area contributed by atoms with Crippen LogP contribution in [-0.4, -0.2) is 25.7 Å². The van der Waals surface area contributed by atoms with Gasteiger partial charge in [-0.25, -0.2) is 0 Å². The van der Waals surface area contributed by atoms with Gasteiger partial charge in [0.05, 0.1) is 11.5 Å². The first kappa shape index (κ1) is 16.0. The third-order valence-corrected chi connectivity index (χ3v) is 4.56. The number of hydrogen-bond acceptors (Lipinski definition) is 3. The summed E-state index contributed by atoms with van der Waals surface area (Å²) in [6, 6.07) is 6.31. The Morgan fingerprint density at radius 1 is 1.38 bits per heavy atom. The molecule has 1 atom stereocenters. The number of rotatable bonds is 4. The fourth-order valence-electron chi connectivity index (χ4n) is 3.02. The lowest BCUT2D eigenvalue weighted by atomic mass is 9.79. The van der Waals surface area contributed by atoms with Gasteiger partial charge < -0.3 is 15.8 Å². The Morgan fingerprint density at radius 3 is 2.62 bits per heavy atom. The highest BCUT2D eigenvalue weighted by Gasteiger charge is 2.39. The SMILES string of the molecule is Cc1ccc(C(C)NC(=O)C2(CN)CCOCC2)c(C)c1. The summed E-state index contributed by atoms with van der Waals surface area (Å²) in [5.41, 5.74) is 9.02. The molecule has 2 rings (SSSR count). The molecule has 3 N–H and O–H groups in total. The quantitative estimate of drug-likeness (QED) is 0.894. The Balaban J connectivity index is 2.10. The van der Waals surface area contributed by atoms with Crippen LogP contribution in [0.25, 0.3) is 0 Å². The number of aryl methyl sites for hydroxylation is 2. The number of carbonyl (C=O) groups excluding carboxylic acids is 1. The Morgan fingerprint density at radius 2 is 2.05 bits per heavy atom. The lowest BCUT2D eigenvalue weighted by Gasteiger charge is -2.35. The number of nitrogens with two attached hydrogens (primary N) is 1. The Hall–Kier alpha value is -1.39. The number of ether oxygens (including phenoxy) is 1. The average Bonchev–Trinajstić information content (AvgIpc) is 2.47. The summed E-state index contributed by atoms with van der Waals surface area (Å²) in [5.74, 6) is 0.0563. The summed E-state index contributed by atoms with van der Waals surface area (Å²) in [4.78, 5) is 12.7. The van der Waals surface area contributed by atoms with Crippen LogP contribution in [0, 0.1) is 19.3 Å². The van der Waals surface area contributed by atoms with Gasteiger partial charge in [0.1, 0.15) is 0 Å². The molecule has 1 heterocycles. The zero-order chi connectivity index (χ0) is 15.5. The number of amides is 1. The lowest BCUT2D eigenvalue weighted by Crippen LogP contribution is -2.49. The van der Waals surface area contributed by atoms with E-state index in [1.165, 1.54) is 11.1 Å². The van der Waals surface area contributed by atoms with E-state index >= 15 is 0 Å². The van der Waals surface area contributed by atoms with E-state index in [9.17, 15) is 4.79 Å². The first-order chi connectivity index (χ1) is 9.98. The van der Waals surface area contributed by atoms with E-state index in [4.69, 9.17) is 10.5 Å². The van der Waals surface area contributed by atoms with Gasteiger partial charge in [0.15, 0.2) is 0 Å². The van der Waals surface area contributed by atoms with Crippen LogP contribution < -0.4 is 11.1 Å². The second-order valence-electron chi connectivity index (χ2n) is 6.15. The van der Waals surface area contributed by atoms with Gasteiger partial charge in [0.2, 0.25) is 5.91 Å². The van der Waals surface area contributed by atoms with Crippen molar-refractivity contribution in [3.05, 3.63) is 34.9 Å². The predicted octanol–water partition coefficient (Wildman–Crippen LogP) is 2.24. The molecule has 4 heteroatoms. The monoisotopic (exact) mass is 290 g/mol. The minimum Gasteiger partial charge on any atom is -0.381 e. The van der Waals surface area contributed by atoms with Crippen LogP contribution in [0.15, 0.2) is 18.2 Å². The maximum Gasteiger partial charge on any atom is 0.228 e. The lowest BCUT2D eigenvalue weighted by molar-refractivity contribution is -0.136. The summed E-state index contributed by atoms with van der Waals surface area (Å²) in [5, 5.41) is 3.14. The van der Waals surface area contributed by atoms with Crippen molar-refractivity contribution in [1.29, 1.82) is 0 Å². The minimum absolute atomic E-state index is 0.00984. The van der Waals surface area contributed by atoms with Crippen molar-refractivity contribution < 1.29 is 9.53 Å². The van der Waals surface area contributed by atoms with E-state index in [1.54, 1.807) is 0 Å². The standard InChI is InChI=1S/C17H26N2O2/c1-12-4-5-15(13(2)10-12)14(3)19-16(20)17(11-18)6-8-21-9-7-17/h4-5,10,14H,6-9,11,18H2,1-3H3,(H,19,20). The second-order valence-corrected chi connectivity index (χ2v) is 6.15. The molecule has 1 saturated heterocycles. The molecule has 1 amide bonds. The molecule has 0 aromatic heterocycles. The van der Waals surface area contributed by atoms with Crippen LogP contribution in [0.1, 0.15) is 42.5 Å². The molecule has 1 fully saturated rings. The molecule has 0 aliphatic carbocycles. The van der Waals surface area contributed by atoms with Crippen LogP contribution in [0.3, 0.4) is 0 Å². The molecule has 1 unspecified atom stereocenters. The van der Waals surface area contributed by atoms with Crippen LogP contribution in [0.5, 0.6) is 0 Å². The van der Waals surface area contributed by atoms with Gasteiger partial charge in [-0.2, -0.15) is 0 Å². The van der Waals surface area contributed by atoms with Gasteiger partial charge >= 0.3 is 0 Å². The fraction of sp³-hybridized carbons (Fsp3) is 0.588. The van der Waals surface area contributed by atoms with Gasteiger partial charge in [-0.1, -0.05) is 23.8 Å². The molecular weight excluding hydrogens is 264 g/mol. The highest BCUT2D eigenvalue weighted by Crippen LogP contribution is 2.30. The highest BCUT2D eigenvalue weighted by molar-refractivity contribution is 5.83. The van der Waals surface area contributed by atoms with Crippen molar-refractivity contribution in [2.45, 2.75) is 39.7 Å². The number of hydrogen-bond donors (Lipinski definition) is 2. The summed E-state index contributed by atoms with van der Waals surface area (Å²) < 4.78 is 5.36. The first-order valence-electron chi connectivity index (χ1n) is 7.64. The van der Waals surface area contributed by atoms with Gasteiger partial charge in [-0.05, 0) is 44.7 Å². The molecule has 4 nitrogen and oxygen atoms in total. The maximum atomic E-state index is 12.7. The fourth-order valence-corrected chi connectivity index (χ4v) is 3.02. The van der Waals surface area contributed by atoms with Crippen molar-refractivity contribution in [2.24, 2.45) is 11.1 Å². The third kappa shape index (κ3) is 3.44. The molecule has 1 aliphatic rings. The van der Waals surface area contributed by atoms with Gasteiger partial charge in [0, 0.05) is 19.8 Å². The van der Waals surface area contributed by atoms with E-state index < -0.39 is 5.41 Å². The van der Waals surface area contributed by atoms with Gasteiger partial charge in [0.25, 0.3) is 0 Å². The Labute approximate surface area is 127 Å². The summed E-state index contributed by atoms with van der Waals surface area (Å²) in [7, 11) is 0. The molecule has 21 heavy (non-hydrogen) atoms. The minimum atomic E-state index is -0.467. The van der Waals surface area contributed by atoms with Crippen molar-refractivity contribution in [3.63, 3.8) is 0 Å². The van der Waals surface area contributed by atoms with E-state index in [-0.39, 0.29) is 11.9 Å². The topological polar surface area (TPSA) is 64.4 Å². The molecule has 0 spiro atoms. The van der Waals surface area contributed by atoms with Crippen molar-refractivity contribution in [3.8, 4) is 0 Å². The third-order valence-electron chi connectivity index (χ3n) is 4.56. The predicted molar refractivity (Wildman–Crippen MR) is 84.0 cm³/mol. The van der Waals surface area contributed by atoms with Crippen LogP contribution in [0.2, 0.25) is 0 Å². The van der Waals surface area contributed by atoms with Crippen molar-refractivity contribution in [1.82, 2.24) is 5.32 Å². The first-order valence-corrected chi connectivity index (χ1v) is 7.64. The summed E-state index contributed by atoms with van der Waals surface area (Å²) in [6.45, 7) is 7.79. The zero-order valence-corrected chi connectivity index (χ0v) is 13.2. The summed E-state index contributed by atoms with van der Waals surface area (Å²) in [6.07, 6.45) is 1.41. The largest absolute Gasteiger partial charge is 0.381 e. The van der Waals surface area contributed by atoms with Gasteiger partial charge in [-0.3, -0.25) is 4.79 Å². The highest BCUT2D eigenvalue weighted by atomic mass is 16.5. The molecule has 1 aliphatic heterocycles. The number of nitrogens with one attached hydrogen (secondary N) is 1. The molecule has 0 bridgehead atoms. The van der Waals surface area contributed by atoms with E-state index in [0.717, 1.165) is 5.56 Å². The average molecular weight is 290 g/mol. The second kappa shape index (κ2) is 6.58. The smallest absolute Gasteiger partial charge is 0.228 e. The van der Waals surface area contributed by atoms with E-state index in [1.807, 2.05) is 6.92 Å². The molecule has 1 aromatic carbocycles. The molecular formula is C17H26N2O2. The Kier molecular flexibility index (Phi) is 5.01. The normalized spacial score (nSPS) is 19.0. The number of carbonyl (C=O) groups is 1. The van der Waals surface area contributed by atoms with Crippen LogP contribution in [0.4, 0.5) is 0 Å². The van der Waals surface area contributed by atoms with E-state index in [0.29, 0.717) is 32.6 Å². The maximum absolute atomic E-state index is 12.7. The van der Waals surface area contributed by atoms with Crippen molar-refractivity contribution in [2.75, 3.05) is 19.8 Å². The van der Waals surface area contributed by atoms with Crippen LogP contribution >= 0.6 is 0 Å².